The molecule has 26 heavy (non-hydrogen) atoms. The average molecular weight is 352 g/mol. The maximum Gasteiger partial charge on any atom is 0.338 e. The summed E-state index contributed by atoms with van der Waals surface area (Å²) in [6.07, 6.45) is 2.11. The normalized spacial score (nSPS) is 13.9. The summed E-state index contributed by atoms with van der Waals surface area (Å²) in [4.78, 5) is 24.6. The maximum atomic E-state index is 12.4. The van der Waals surface area contributed by atoms with Crippen molar-refractivity contribution in [1.82, 2.24) is 0 Å². The molecule has 0 aromatic heterocycles. The molecule has 0 N–H and O–H groups in total. The molecule has 4 heteroatoms. The van der Waals surface area contributed by atoms with Crippen LogP contribution in [0.5, 0.6) is 0 Å². The van der Waals surface area contributed by atoms with Crippen LogP contribution in [0.4, 0.5) is 0 Å². The highest BCUT2D eigenvalue weighted by Gasteiger charge is 2.31. The summed E-state index contributed by atoms with van der Waals surface area (Å²) in [6.45, 7) is 7.35. The quantitative estimate of drug-likeness (QED) is 0.505. The summed E-state index contributed by atoms with van der Waals surface area (Å²) in [5.41, 5.74) is 0.160. The van der Waals surface area contributed by atoms with E-state index < -0.39 is 23.6 Å². The lowest BCUT2D eigenvalue weighted by Crippen LogP contribution is -2.36. The smallest absolute Gasteiger partial charge is 0.338 e. The second-order valence-electron chi connectivity index (χ2n) is 6.48. The van der Waals surface area contributed by atoms with E-state index in [-0.39, 0.29) is 0 Å². The number of carbonyl (C=O) groups is 2. The van der Waals surface area contributed by atoms with E-state index in [0.717, 1.165) is 0 Å². The van der Waals surface area contributed by atoms with Crippen molar-refractivity contribution in [3.63, 3.8) is 0 Å². The fraction of sp³-hybridized carbons (Fsp3) is 0.273. The van der Waals surface area contributed by atoms with Gasteiger partial charge in [-0.25, -0.2) is 9.59 Å². The van der Waals surface area contributed by atoms with Crippen molar-refractivity contribution in [2.45, 2.75) is 38.4 Å². The number of hydrogen-bond donors (Lipinski definition) is 0. The van der Waals surface area contributed by atoms with Crippen molar-refractivity contribution in [2.75, 3.05) is 0 Å². The molecule has 0 radical (unpaired) electrons. The Bertz CT molecular complexity index is 739. The van der Waals surface area contributed by atoms with Crippen LogP contribution in [0.1, 0.15) is 47.4 Å². The van der Waals surface area contributed by atoms with Crippen molar-refractivity contribution in [3.8, 4) is 0 Å². The molecule has 0 bridgehead atoms. The van der Waals surface area contributed by atoms with E-state index in [1.807, 2.05) is 19.1 Å². The van der Waals surface area contributed by atoms with Gasteiger partial charge in [0, 0.05) is 12.8 Å². The molecule has 136 valence electrons. The Hall–Kier alpha value is -2.88. The van der Waals surface area contributed by atoms with Crippen LogP contribution in [-0.2, 0) is 9.47 Å². The Balaban J connectivity index is 2.02. The molecule has 0 fully saturated rings. The topological polar surface area (TPSA) is 52.6 Å². The molecule has 0 aliphatic rings. The standard InChI is InChI=1S/C22H24O4/c1-4-15-22(3,26-21(24)19-13-9-6-10-14-19)16-17(2)25-20(23)18-11-7-5-8-12-18/h4-14,17H,1,15-16H2,2-3H3. The molecule has 0 heterocycles. The van der Waals surface area contributed by atoms with Crippen molar-refractivity contribution in [1.29, 1.82) is 0 Å². The van der Waals surface area contributed by atoms with Gasteiger partial charge in [0.05, 0.1) is 11.1 Å². The molecule has 2 rings (SSSR count). The van der Waals surface area contributed by atoms with Gasteiger partial charge in [-0.2, -0.15) is 0 Å². The lowest BCUT2D eigenvalue weighted by Gasteiger charge is -2.31. The second-order valence-corrected chi connectivity index (χ2v) is 6.48. The molecule has 0 amide bonds. The first-order chi connectivity index (χ1) is 12.4. The minimum atomic E-state index is -0.814. The van der Waals surface area contributed by atoms with Crippen LogP contribution >= 0.6 is 0 Å². The molecular formula is C22H24O4. The molecule has 2 aromatic carbocycles. The van der Waals surface area contributed by atoms with Crippen LogP contribution < -0.4 is 0 Å². The van der Waals surface area contributed by atoms with Gasteiger partial charge in [0.25, 0.3) is 0 Å². The van der Waals surface area contributed by atoms with Crippen molar-refractivity contribution in [2.24, 2.45) is 0 Å². The fourth-order valence-corrected chi connectivity index (χ4v) is 2.80. The van der Waals surface area contributed by atoms with E-state index in [9.17, 15) is 9.59 Å². The highest BCUT2D eigenvalue weighted by molar-refractivity contribution is 5.90. The zero-order chi connectivity index (χ0) is 19.0. The van der Waals surface area contributed by atoms with Crippen molar-refractivity contribution < 1.29 is 19.1 Å². The molecule has 2 aromatic rings. The van der Waals surface area contributed by atoms with Crippen molar-refractivity contribution in [3.05, 3.63) is 84.4 Å². The number of esters is 2. The predicted molar refractivity (Wildman–Crippen MR) is 101 cm³/mol. The number of ether oxygens (including phenoxy) is 2. The van der Waals surface area contributed by atoms with Crippen LogP contribution in [0, 0.1) is 0 Å². The van der Waals surface area contributed by atoms with Crippen LogP contribution in [0.3, 0.4) is 0 Å². The maximum absolute atomic E-state index is 12.4. The minimum Gasteiger partial charge on any atom is -0.459 e. The summed E-state index contributed by atoms with van der Waals surface area (Å²) in [5, 5.41) is 0. The Kier molecular flexibility index (Phi) is 6.73. The highest BCUT2D eigenvalue weighted by Crippen LogP contribution is 2.26. The Morgan fingerprint density at radius 2 is 1.50 bits per heavy atom. The summed E-state index contributed by atoms with van der Waals surface area (Å²) >= 11 is 0. The predicted octanol–water partition coefficient (Wildman–Crippen LogP) is 4.81. The number of benzene rings is 2. The molecule has 0 aliphatic heterocycles. The summed E-state index contributed by atoms with van der Waals surface area (Å²) in [7, 11) is 0. The number of carbonyl (C=O) groups excluding carboxylic acids is 2. The van der Waals surface area contributed by atoms with Gasteiger partial charge in [0.1, 0.15) is 11.7 Å². The minimum absolute atomic E-state index is 0.371. The second kappa shape index (κ2) is 8.99. The van der Waals surface area contributed by atoms with Gasteiger partial charge >= 0.3 is 11.9 Å². The largest absolute Gasteiger partial charge is 0.459 e. The monoisotopic (exact) mass is 352 g/mol. The molecule has 2 atom stereocenters. The Labute approximate surface area is 154 Å². The first-order valence-electron chi connectivity index (χ1n) is 8.59. The molecule has 0 aliphatic carbocycles. The third kappa shape index (κ3) is 5.59. The number of rotatable bonds is 8. The van der Waals surface area contributed by atoms with E-state index in [0.29, 0.717) is 24.0 Å². The van der Waals surface area contributed by atoms with Gasteiger partial charge in [-0.1, -0.05) is 42.5 Å². The third-order valence-corrected chi connectivity index (χ3v) is 3.96. The van der Waals surface area contributed by atoms with Gasteiger partial charge in [-0.05, 0) is 38.1 Å². The molecule has 2 unspecified atom stereocenters. The van der Waals surface area contributed by atoms with E-state index in [2.05, 4.69) is 6.58 Å². The van der Waals surface area contributed by atoms with Gasteiger partial charge in [-0.3, -0.25) is 0 Å². The van der Waals surface area contributed by atoms with Crippen molar-refractivity contribution >= 4 is 11.9 Å². The first-order valence-corrected chi connectivity index (χ1v) is 8.59. The molecule has 0 spiro atoms. The SMILES string of the molecule is C=CCC(C)(CC(C)OC(=O)c1ccccc1)OC(=O)c1ccccc1. The van der Waals surface area contributed by atoms with Crippen LogP contribution in [0.2, 0.25) is 0 Å². The van der Waals surface area contributed by atoms with Crippen LogP contribution in [-0.4, -0.2) is 23.6 Å². The summed E-state index contributed by atoms with van der Waals surface area (Å²) in [6, 6.07) is 17.6. The molecule has 4 nitrogen and oxygen atoms in total. The third-order valence-electron chi connectivity index (χ3n) is 3.96. The number of hydrogen-bond acceptors (Lipinski definition) is 4. The van der Waals surface area contributed by atoms with Crippen LogP contribution in [0.25, 0.3) is 0 Å². The van der Waals surface area contributed by atoms with Gasteiger partial charge in [0.15, 0.2) is 0 Å². The fourth-order valence-electron chi connectivity index (χ4n) is 2.80. The Morgan fingerprint density at radius 3 is 2.00 bits per heavy atom. The van der Waals surface area contributed by atoms with E-state index >= 15 is 0 Å². The van der Waals surface area contributed by atoms with E-state index in [1.165, 1.54) is 0 Å². The lowest BCUT2D eigenvalue weighted by atomic mass is 9.94. The van der Waals surface area contributed by atoms with E-state index in [1.54, 1.807) is 61.5 Å². The zero-order valence-corrected chi connectivity index (χ0v) is 15.2. The molecule has 0 saturated carbocycles. The Morgan fingerprint density at radius 1 is 1.00 bits per heavy atom. The molecule has 0 saturated heterocycles. The van der Waals surface area contributed by atoms with Crippen LogP contribution in [0.15, 0.2) is 73.3 Å². The lowest BCUT2D eigenvalue weighted by molar-refractivity contribution is -0.0354. The summed E-state index contributed by atoms with van der Waals surface area (Å²) < 4.78 is 11.2. The molecular weight excluding hydrogens is 328 g/mol. The zero-order valence-electron chi connectivity index (χ0n) is 15.2. The van der Waals surface area contributed by atoms with E-state index in [4.69, 9.17) is 9.47 Å². The van der Waals surface area contributed by atoms with Gasteiger partial charge < -0.3 is 9.47 Å². The van der Waals surface area contributed by atoms with Gasteiger partial charge in [-0.15, -0.1) is 6.58 Å². The van der Waals surface area contributed by atoms with Gasteiger partial charge in [0.2, 0.25) is 0 Å². The summed E-state index contributed by atoms with van der Waals surface area (Å²) in [5.74, 6) is -0.801. The average Bonchev–Trinajstić information content (AvgIpc) is 2.62. The first kappa shape index (κ1) is 19.4. The highest BCUT2D eigenvalue weighted by atomic mass is 16.6.